The molecule has 0 spiro atoms. The highest BCUT2D eigenvalue weighted by molar-refractivity contribution is 7.16. The van der Waals surface area contributed by atoms with Crippen molar-refractivity contribution in [3.63, 3.8) is 0 Å². The molecule has 0 saturated carbocycles. The summed E-state index contributed by atoms with van der Waals surface area (Å²) in [5.74, 6) is 5.78. The van der Waals surface area contributed by atoms with Crippen LogP contribution >= 0.6 is 0 Å². The van der Waals surface area contributed by atoms with E-state index in [1.807, 2.05) is 41.5 Å². The Balaban J connectivity index is 2.77. The van der Waals surface area contributed by atoms with E-state index in [9.17, 15) is 0 Å². The minimum Gasteiger partial charge on any atom is -0.496 e. The molecule has 0 N–H and O–H groups in total. The van der Waals surface area contributed by atoms with Crippen LogP contribution in [0.5, 0.6) is 51.7 Å². The maximum Gasteiger partial charge on any atom is 0.190 e. The first kappa shape index (κ1) is 40.3. The Morgan fingerprint density at radius 1 is 0.365 bits per heavy atom. The van der Waals surface area contributed by atoms with Gasteiger partial charge in [-0.1, -0.05) is 24.1 Å². The molecule has 9 nitrogen and oxygen atoms in total. The lowest BCUT2D eigenvalue weighted by Crippen LogP contribution is -2.74. The van der Waals surface area contributed by atoms with E-state index in [2.05, 4.69) is 33.8 Å². The monoisotopic (exact) mass is 734 g/mol. The lowest BCUT2D eigenvalue weighted by atomic mass is 10.0. The van der Waals surface area contributed by atoms with Crippen molar-refractivity contribution >= 4 is 23.6 Å². The third-order valence-corrected chi connectivity index (χ3v) is 17.3. The maximum atomic E-state index is 6.59. The van der Waals surface area contributed by atoms with Crippen LogP contribution < -0.4 is 58.2 Å². The molecule has 4 rings (SSSR count). The molecule has 0 aromatic heterocycles. The summed E-state index contributed by atoms with van der Waals surface area (Å²) < 4.78 is 57.7. The van der Waals surface area contributed by atoms with Gasteiger partial charge in [0.05, 0.1) is 64.0 Å². The van der Waals surface area contributed by atoms with Crippen LogP contribution in [0.1, 0.15) is 61.1 Å². The lowest BCUT2D eigenvalue weighted by Gasteiger charge is -2.50. The summed E-state index contributed by atoms with van der Waals surface area (Å²) >= 11 is 0. The minimum absolute atomic E-state index is 0.626. The number of allylic oxidation sites excluding steroid dienone is 4. The largest absolute Gasteiger partial charge is 0.496 e. The molecule has 0 saturated heterocycles. The second-order valence-corrected chi connectivity index (χ2v) is 17.7. The molecule has 10 heteroatoms. The summed E-state index contributed by atoms with van der Waals surface area (Å²) in [6.07, 6.45) is 2.39. The molecular weight excluding hydrogens is 677 g/mol. The lowest BCUT2D eigenvalue weighted by molar-refractivity contribution is 0.368. The van der Waals surface area contributed by atoms with Gasteiger partial charge in [0, 0.05) is 54.0 Å². The molecule has 0 aliphatic heterocycles. The number of benzene rings is 3. The number of rotatable bonds is 13. The van der Waals surface area contributed by atoms with Crippen molar-refractivity contribution in [2.75, 3.05) is 64.0 Å². The van der Waals surface area contributed by atoms with Gasteiger partial charge in [0.1, 0.15) is 51.7 Å². The Morgan fingerprint density at radius 3 is 0.731 bits per heavy atom. The van der Waals surface area contributed by atoms with Gasteiger partial charge in [-0.25, -0.2) is 0 Å². The van der Waals surface area contributed by atoms with Gasteiger partial charge in [0.15, 0.2) is 8.07 Å². The molecule has 3 aromatic carbocycles. The zero-order chi connectivity index (χ0) is 39.2. The van der Waals surface area contributed by atoms with Gasteiger partial charge >= 0.3 is 0 Å². The van der Waals surface area contributed by atoms with Crippen LogP contribution in [0.3, 0.4) is 0 Å². The molecule has 0 radical (unpaired) electrons. The van der Waals surface area contributed by atoms with Crippen LogP contribution in [0.25, 0.3) is 0 Å². The maximum absolute atomic E-state index is 6.59. The van der Waals surface area contributed by atoms with Gasteiger partial charge in [0.25, 0.3) is 0 Å². The van der Waals surface area contributed by atoms with Crippen molar-refractivity contribution in [1.29, 1.82) is 0 Å². The van der Waals surface area contributed by atoms with Crippen molar-refractivity contribution in [2.45, 2.75) is 74.3 Å². The van der Waals surface area contributed by atoms with Crippen molar-refractivity contribution in [3.05, 3.63) is 56.2 Å². The van der Waals surface area contributed by atoms with E-state index < -0.39 is 13.1 Å². The van der Waals surface area contributed by atoms with Gasteiger partial charge in [-0.05, 0) is 67.9 Å². The number of hydrogen-bond acceptors (Lipinski definition) is 9. The summed E-state index contributed by atoms with van der Waals surface area (Å²) in [7, 11) is 11.2. The van der Waals surface area contributed by atoms with Gasteiger partial charge in [0.2, 0.25) is 0 Å². The van der Waals surface area contributed by atoms with Crippen molar-refractivity contribution in [2.24, 2.45) is 0 Å². The quantitative estimate of drug-likeness (QED) is 0.135. The van der Waals surface area contributed by atoms with Gasteiger partial charge in [-0.3, -0.25) is 0 Å². The second-order valence-electron chi connectivity index (χ2n) is 13.7. The highest BCUT2D eigenvalue weighted by Crippen LogP contribution is 2.59. The average Bonchev–Trinajstić information content (AvgIpc) is 3.32. The summed E-state index contributed by atoms with van der Waals surface area (Å²) in [6, 6.07) is 0. The SMILES string of the molecule is COc1c(C)c(OC)c([Si](c2c(OC)c(C)c(OC)c(C)c2OC)(c2c(OC)c(C)c(OC)c(C)c2OC)C2(C)C=C(C)C(C)=C2C)c(OC)c1C. The fourth-order valence-corrected chi connectivity index (χ4v) is 16.5. The normalized spacial score (nSPS) is 15.7. The number of ether oxygens (including phenoxy) is 9. The van der Waals surface area contributed by atoms with Crippen molar-refractivity contribution < 1.29 is 42.6 Å². The van der Waals surface area contributed by atoms with Crippen LogP contribution in [-0.2, 0) is 0 Å². The molecule has 0 amide bonds. The fraction of sp³-hybridized carbons (Fsp3) is 0.476. The summed E-state index contributed by atoms with van der Waals surface area (Å²) in [6.45, 7) is 21.0. The molecule has 1 atom stereocenters. The standard InChI is InChI=1S/C42H58O9Si/c1-21-20-42(10,29(9)22(21)2)52(39-33(46-14)23(3)30(43-11)24(4)34(39)47-15,40-35(48-16)25(5)31(44-12)26(6)36(40)49-17)41-37(50-18)27(7)32(45-13)28(8)38(41)51-19/h20H,1-19H3. The zero-order valence-electron chi connectivity index (χ0n) is 34.8. The van der Waals surface area contributed by atoms with E-state index in [1.165, 1.54) is 11.1 Å². The molecule has 0 bridgehead atoms. The summed E-state index contributed by atoms with van der Waals surface area (Å²) in [5, 5.41) is 1.82. The first-order chi connectivity index (χ1) is 24.6. The number of hydrogen-bond donors (Lipinski definition) is 0. The summed E-state index contributed by atoms with van der Waals surface area (Å²) in [5.41, 5.74) is 8.51. The molecule has 52 heavy (non-hydrogen) atoms. The Labute approximate surface area is 311 Å². The molecular formula is C42H58O9Si. The van der Waals surface area contributed by atoms with E-state index in [4.69, 9.17) is 42.6 Å². The minimum atomic E-state index is -4.00. The van der Waals surface area contributed by atoms with E-state index in [-0.39, 0.29) is 0 Å². The Bertz CT molecular complexity index is 1700. The molecule has 0 heterocycles. The smallest absolute Gasteiger partial charge is 0.190 e. The highest BCUT2D eigenvalue weighted by atomic mass is 28.3. The first-order valence-corrected chi connectivity index (χ1v) is 19.3. The molecule has 1 unspecified atom stereocenters. The molecule has 3 aromatic rings. The first-order valence-electron chi connectivity index (χ1n) is 17.3. The van der Waals surface area contributed by atoms with Crippen LogP contribution in [0.4, 0.5) is 0 Å². The Hall–Kier alpha value is -4.44. The van der Waals surface area contributed by atoms with E-state index in [0.717, 1.165) is 54.5 Å². The van der Waals surface area contributed by atoms with Crippen LogP contribution in [-0.4, -0.2) is 72.1 Å². The van der Waals surface area contributed by atoms with Crippen LogP contribution in [0.15, 0.2) is 22.8 Å². The fourth-order valence-electron chi connectivity index (χ4n) is 9.25. The number of methoxy groups -OCH3 is 9. The third-order valence-electron chi connectivity index (χ3n) is 11.6. The average molecular weight is 735 g/mol. The zero-order valence-corrected chi connectivity index (χ0v) is 35.8. The van der Waals surface area contributed by atoms with Crippen LogP contribution in [0.2, 0.25) is 5.04 Å². The van der Waals surface area contributed by atoms with Crippen molar-refractivity contribution in [1.82, 2.24) is 0 Å². The molecule has 1 aliphatic rings. The third kappa shape index (κ3) is 5.23. The topological polar surface area (TPSA) is 83.1 Å². The van der Waals surface area contributed by atoms with E-state index in [0.29, 0.717) is 51.7 Å². The predicted molar refractivity (Wildman–Crippen MR) is 212 cm³/mol. The second kappa shape index (κ2) is 14.9. The van der Waals surface area contributed by atoms with Crippen molar-refractivity contribution in [3.8, 4) is 51.7 Å². The Kier molecular flexibility index (Phi) is 11.5. The molecule has 0 fully saturated rings. The van der Waals surface area contributed by atoms with E-state index >= 15 is 0 Å². The van der Waals surface area contributed by atoms with Crippen LogP contribution in [0, 0.1) is 41.5 Å². The summed E-state index contributed by atoms with van der Waals surface area (Å²) in [4.78, 5) is 0. The highest BCUT2D eigenvalue weighted by Gasteiger charge is 2.64. The Morgan fingerprint density at radius 2 is 0.577 bits per heavy atom. The molecule has 284 valence electrons. The van der Waals surface area contributed by atoms with Gasteiger partial charge in [-0.15, -0.1) is 0 Å². The van der Waals surface area contributed by atoms with E-state index in [1.54, 1.807) is 64.0 Å². The molecule has 1 aliphatic carbocycles. The van der Waals surface area contributed by atoms with Gasteiger partial charge < -0.3 is 42.6 Å². The van der Waals surface area contributed by atoms with Gasteiger partial charge in [-0.2, -0.15) is 0 Å². The predicted octanol–water partition coefficient (Wildman–Crippen LogP) is 7.14.